The van der Waals surface area contributed by atoms with Gasteiger partial charge in [-0.3, -0.25) is 4.79 Å². The first-order valence-electron chi connectivity index (χ1n) is 12.8. The number of sulfonamides is 1. The van der Waals surface area contributed by atoms with E-state index in [2.05, 4.69) is 10.1 Å². The van der Waals surface area contributed by atoms with Crippen LogP contribution >= 0.6 is 0 Å². The lowest BCUT2D eigenvalue weighted by molar-refractivity contribution is -0.162. The number of nitrogens with one attached hydrogen (secondary N) is 1. The van der Waals surface area contributed by atoms with E-state index in [1.807, 2.05) is 30.3 Å². The van der Waals surface area contributed by atoms with E-state index in [9.17, 15) is 32.3 Å². The minimum absolute atomic E-state index is 0.0212. The molecule has 0 aromatic heterocycles. The summed E-state index contributed by atoms with van der Waals surface area (Å²) in [6.07, 6.45) is -2.62. The van der Waals surface area contributed by atoms with Crippen molar-refractivity contribution < 1.29 is 46.5 Å². The van der Waals surface area contributed by atoms with Crippen molar-refractivity contribution in [2.45, 2.75) is 43.1 Å². The molecule has 0 bridgehead atoms. The van der Waals surface area contributed by atoms with Crippen LogP contribution in [0.15, 0.2) is 83.8 Å². The van der Waals surface area contributed by atoms with E-state index in [0.29, 0.717) is 11.3 Å². The monoisotopic (exact) mass is 600 g/mol. The molecule has 1 heterocycles. The van der Waals surface area contributed by atoms with Gasteiger partial charge in [-0.1, -0.05) is 42.5 Å². The van der Waals surface area contributed by atoms with Crippen LogP contribution in [0.2, 0.25) is 0 Å². The van der Waals surface area contributed by atoms with Gasteiger partial charge in [-0.2, -0.15) is 4.31 Å². The SMILES string of the molecule is CC(=O)O[C@@H](C)OC(=O)N[C@@H](Cc1cccc(S(=O)(=O)N2CC(Oc3ccc(F)cc3)(c3ccccc3)C2)c1)C(=O)O. The summed E-state index contributed by atoms with van der Waals surface area (Å²) in [4.78, 5) is 34.8. The molecule has 1 saturated heterocycles. The van der Waals surface area contributed by atoms with Gasteiger partial charge in [0.1, 0.15) is 17.6 Å². The van der Waals surface area contributed by atoms with E-state index in [0.717, 1.165) is 12.5 Å². The fraction of sp³-hybridized carbons (Fsp3) is 0.276. The molecule has 4 rings (SSSR count). The molecule has 0 unspecified atom stereocenters. The number of nitrogens with zero attached hydrogens (tertiary/aromatic N) is 1. The zero-order chi connectivity index (χ0) is 30.5. The highest BCUT2D eigenvalue weighted by molar-refractivity contribution is 7.89. The summed E-state index contributed by atoms with van der Waals surface area (Å²) >= 11 is 0. The molecule has 1 fully saturated rings. The first kappa shape index (κ1) is 30.5. The second-order valence-corrected chi connectivity index (χ2v) is 11.6. The predicted octanol–water partition coefficient (Wildman–Crippen LogP) is 3.44. The molecular weight excluding hydrogens is 571 g/mol. The maximum Gasteiger partial charge on any atom is 0.410 e. The molecule has 222 valence electrons. The summed E-state index contributed by atoms with van der Waals surface area (Å²) in [6, 6.07) is 18.8. The maximum absolute atomic E-state index is 13.6. The number of benzene rings is 3. The summed E-state index contributed by atoms with van der Waals surface area (Å²) in [7, 11) is -4.02. The molecule has 2 N–H and O–H groups in total. The Morgan fingerprint density at radius 1 is 1.00 bits per heavy atom. The molecule has 0 spiro atoms. The average molecular weight is 601 g/mol. The van der Waals surface area contributed by atoms with Crippen molar-refractivity contribution in [1.82, 2.24) is 9.62 Å². The van der Waals surface area contributed by atoms with E-state index in [1.165, 1.54) is 59.8 Å². The molecule has 0 aliphatic carbocycles. The number of hydrogen-bond acceptors (Lipinski definition) is 8. The van der Waals surface area contributed by atoms with Crippen molar-refractivity contribution in [2.24, 2.45) is 0 Å². The van der Waals surface area contributed by atoms with Crippen LogP contribution in [0, 0.1) is 5.82 Å². The lowest BCUT2D eigenvalue weighted by Gasteiger charge is -2.48. The Hall–Kier alpha value is -4.49. The Morgan fingerprint density at radius 2 is 1.67 bits per heavy atom. The first-order chi connectivity index (χ1) is 19.9. The van der Waals surface area contributed by atoms with Crippen molar-refractivity contribution in [3.63, 3.8) is 0 Å². The van der Waals surface area contributed by atoms with Gasteiger partial charge in [-0.25, -0.2) is 22.4 Å². The molecule has 3 aromatic rings. The molecule has 1 aliphatic rings. The molecule has 0 radical (unpaired) electrons. The van der Waals surface area contributed by atoms with Gasteiger partial charge in [0.15, 0.2) is 5.60 Å². The molecule has 13 heteroatoms. The first-order valence-corrected chi connectivity index (χ1v) is 14.3. The smallest absolute Gasteiger partial charge is 0.410 e. The number of carboxylic acid groups (broad SMARTS) is 1. The number of hydrogen-bond donors (Lipinski definition) is 2. The number of ether oxygens (including phenoxy) is 3. The number of aliphatic carboxylic acids is 1. The fourth-order valence-electron chi connectivity index (χ4n) is 4.47. The van der Waals surface area contributed by atoms with Gasteiger partial charge in [0.2, 0.25) is 16.3 Å². The largest absolute Gasteiger partial charge is 0.480 e. The summed E-state index contributed by atoms with van der Waals surface area (Å²) in [6.45, 7) is 2.37. The second-order valence-electron chi connectivity index (χ2n) is 9.66. The van der Waals surface area contributed by atoms with E-state index < -0.39 is 51.8 Å². The fourth-order valence-corrected chi connectivity index (χ4v) is 6.08. The Bertz CT molecular complexity index is 1540. The van der Waals surface area contributed by atoms with E-state index in [1.54, 1.807) is 0 Å². The lowest BCUT2D eigenvalue weighted by atomic mass is 9.87. The highest BCUT2D eigenvalue weighted by Crippen LogP contribution is 2.40. The number of amides is 1. The predicted molar refractivity (Wildman–Crippen MR) is 146 cm³/mol. The molecular formula is C29H29FN2O9S. The highest BCUT2D eigenvalue weighted by Gasteiger charge is 2.52. The van der Waals surface area contributed by atoms with E-state index in [-0.39, 0.29) is 24.4 Å². The number of esters is 1. The number of halogens is 1. The standard InChI is InChI=1S/C29H29FN2O9S/c1-19(33)39-20(2)40-28(36)31-26(27(34)35)16-21-7-6-10-25(15-21)42(37,38)32-17-29(18-32,22-8-4-3-5-9-22)41-24-13-11-23(30)12-14-24/h3-15,20,26H,16-18H2,1-2H3,(H,31,36)(H,34,35)/t20-,26+/m1/s1. The normalized spacial score (nSPS) is 15.9. The van der Waals surface area contributed by atoms with Gasteiger partial charge in [0, 0.05) is 20.3 Å². The van der Waals surface area contributed by atoms with Gasteiger partial charge in [-0.05, 0) is 47.5 Å². The van der Waals surface area contributed by atoms with E-state index in [4.69, 9.17) is 9.47 Å². The Kier molecular flexibility index (Phi) is 9.12. The van der Waals surface area contributed by atoms with Crippen molar-refractivity contribution in [3.05, 3.63) is 95.8 Å². The highest BCUT2D eigenvalue weighted by atomic mass is 32.2. The quantitative estimate of drug-likeness (QED) is 0.249. The van der Waals surface area contributed by atoms with Crippen LogP contribution in [0.4, 0.5) is 9.18 Å². The Morgan fingerprint density at radius 3 is 2.29 bits per heavy atom. The maximum atomic E-state index is 13.6. The zero-order valence-electron chi connectivity index (χ0n) is 22.7. The van der Waals surface area contributed by atoms with Crippen molar-refractivity contribution >= 4 is 28.1 Å². The van der Waals surface area contributed by atoms with Crippen molar-refractivity contribution in [1.29, 1.82) is 0 Å². The summed E-state index contributed by atoms with van der Waals surface area (Å²) in [5.74, 6) is -2.11. The van der Waals surface area contributed by atoms with Crippen molar-refractivity contribution in [2.75, 3.05) is 13.1 Å². The van der Waals surface area contributed by atoms with Crippen LogP contribution in [0.5, 0.6) is 5.75 Å². The molecule has 1 amide bonds. The third kappa shape index (κ3) is 7.22. The van der Waals surface area contributed by atoms with Crippen LogP contribution in [-0.4, -0.2) is 61.3 Å². The average Bonchev–Trinajstić information content (AvgIpc) is 2.91. The Labute approximate surface area is 241 Å². The number of carboxylic acids is 1. The third-order valence-corrected chi connectivity index (χ3v) is 8.25. The van der Waals surface area contributed by atoms with Gasteiger partial charge in [0.05, 0.1) is 18.0 Å². The minimum Gasteiger partial charge on any atom is -0.480 e. The van der Waals surface area contributed by atoms with Gasteiger partial charge >= 0.3 is 18.0 Å². The van der Waals surface area contributed by atoms with Crippen LogP contribution in [-0.2, 0) is 41.1 Å². The van der Waals surface area contributed by atoms with E-state index >= 15 is 0 Å². The van der Waals surface area contributed by atoms with Crippen LogP contribution in [0.25, 0.3) is 0 Å². The topological polar surface area (TPSA) is 149 Å². The molecule has 2 atom stereocenters. The number of carbonyl (C=O) groups is 3. The molecule has 11 nitrogen and oxygen atoms in total. The lowest BCUT2D eigenvalue weighted by Crippen LogP contribution is -2.64. The molecule has 42 heavy (non-hydrogen) atoms. The van der Waals surface area contributed by atoms with Crippen LogP contribution in [0.1, 0.15) is 25.0 Å². The molecule has 1 aliphatic heterocycles. The number of carbonyl (C=O) groups excluding carboxylic acids is 2. The Balaban J connectivity index is 1.49. The summed E-state index contributed by atoms with van der Waals surface area (Å²) < 4.78 is 57.5. The number of rotatable bonds is 11. The van der Waals surface area contributed by atoms with Crippen LogP contribution < -0.4 is 10.1 Å². The molecule has 0 saturated carbocycles. The zero-order valence-corrected chi connectivity index (χ0v) is 23.5. The van der Waals surface area contributed by atoms with Crippen LogP contribution in [0.3, 0.4) is 0 Å². The van der Waals surface area contributed by atoms with Gasteiger partial charge < -0.3 is 24.6 Å². The minimum atomic E-state index is -4.02. The molecule has 3 aromatic carbocycles. The van der Waals surface area contributed by atoms with Gasteiger partial charge in [0.25, 0.3) is 0 Å². The van der Waals surface area contributed by atoms with Gasteiger partial charge in [-0.15, -0.1) is 0 Å². The third-order valence-electron chi connectivity index (χ3n) is 6.46. The van der Waals surface area contributed by atoms with Crippen molar-refractivity contribution in [3.8, 4) is 5.75 Å². The summed E-state index contributed by atoms with van der Waals surface area (Å²) in [5, 5.41) is 11.8. The summed E-state index contributed by atoms with van der Waals surface area (Å²) in [5.41, 5.74) is 0.0696. The number of alkyl carbamates (subject to hydrolysis) is 1. The second kappa shape index (κ2) is 12.6.